The van der Waals surface area contributed by atoms with Crippen molar-refractivity contribution >= 4 is 33.8 Å². The number of nitrogens with zero attached hydrogens (tertiary/aromatic N) is 2. The van der Waals surface area contributed by atoms with Gasteiger partial charge in [0, 0.05) is 54.9 Å². The molecule has 0 fully saturated rings. The van der Waals surface area contributed by atoms with Crippen LogP contribution in [0, 0.1) is 13.8 Å². The van der Waals surface area contributed by atoms with E-state index in [0.717, 1.165) is 0 Å². The molecule has 4 aromatic heterocycles. The molecule has 1 aliphatic rings. The fraction of sp³-hybridized carbons (Fsp3) is 0.259. The summed E-state index contributed by atoms with van der Waals surface area (Å²) in [7, 11) is 4.13. The molecule has 4 aromatic rings. The molecule has 0 radical (unpaired) electrons. The highest BCUT2D eigenvalue weighted by Gasteiger charge is 2.23. The Labute approximate surface area is 192 Å². The number of thiophene rings is 2. The Kier molecular flexibility index (Phi) is 5.37. The third kappa shape index (κ3) is 3.90. The van der Waals surface area contributed by atoms with Gasteiger partial charge in [-0.2, -0.15) is 0 Å². The summed E-state index contributed by atoms with van der Waals surface area (Å²) in [5.41, 5.74) is 8.66. The molecule has 156 valence electrons. The lowest BCUT2D eigenvalue weighted by molar-refractivity contribution is -0.671. The molecule has 0 atom stereocenters. The van der Waals surface area contributed by atoms with Crippen molar-refractivity contribution in [3.63, 3.8) is 0 Å². The van der Waals surface area contributed by atoms with Crippen molar-refractivity contribution in [2.24, 2.45) is 14.1 Å². The van der Waals surface area contributed by atoms with Crippen LogP contribution in [0.25, 0.3) is 32.0 Å². The summed E-state index contributed by atoms with van der Waals surface area (Å²) in [6.45, 7) is 4.57. The molecule has 4 heteroatoms. The summed E-state index contributed by atoms with van der Waals surface area (Å²) < 4.78 is 4.18. The number of rotatable bonds is 4. The van der Waals surface area contributed by atoms with Gasteiger partial charge in [-0.1, -0.05) is 0 Å². The van der Waals surface area contributed by atoms with Gasteiger partial charge in [0.25, 0.3) is 0 Å². The second-order valence-electron chi connectivity index (χ2n) is 8.48. The Morgan fingerprint density at radius 1 is 0.645 bits per heavy atom. The standard InChI is InChI=1S/C27H28N2S2/c1-18-24(16-26(30-18)20-8-12-28(3)13-9-20)22-6-5-7-23(22)25-17-27(31-19(25)2)21-10-14-29(4)15-11-21/h8-17H,5-7H2,1-4H3/q+2. The van der Waals surface area contributed by atoms with Crippen molar-refractivity contribution in [1.82, 2.24) is 0 Å². The van der Waals surface area contributed by atoms with Gasteiger partial charge in [-0.25, -0.2) is 9.13 Å². The van der Waals surface area contributed by atoms with Crippen LogP contribution in [0.15, 0.2) is 61.2 Å². The van der Waals surface area contributed by atoms with E-state index in [9.17, 15) is 0 Å². The van der Waals surface area contributed by atoms with Crippen molar-refractivity contribution in [1.29, 1.82) is 0 Å². The fourth-order valence-corrected chi connectivity index (χ4v) is 6.62. The molecule has 0 N–H and O–H groups in total. The Hall–Kier alpha value is -2.56. The lowest BCUT2D eigenvalue weighted by Gasteiger charge is -2.07. The first-order valence-electron chi connectivity index (χ1n) is 10.8. The zero-order valence-electron chi connectivity index (χ0n) is 18.6. The minimum Gasteiger partial charge on any atom is -0.208 e. The van der Waals surface area contributed by atoms with Gasteiger partial charge in [-0.05, 0) is 67.5 Å². The maximum atomic E-state index is 2.43. The molecular weight excluding hydrogens is 416 g/mol. The van der Waals surface area contributed by atoms with E-state index in [0.29, 0.717) is 0 Å². The highest BCUT2D eigenvalue weighted by atomic mass is 32.1. The number of aryl methyl sites for hydroxylation is 4. The molecule has 4 heterocycles. The molecule has 0 saturated heterocycles. The van der Waals surface area contributed by atoms with E-state index in [4.69, 9.17) is 0 Å². The van der Waals surface area contributed by atoms with Crippen molar-refractivity contribution in [3.05, 3.63) is 82.1 Å². The molecule has 2 nitrogen and oxygen atoms in total. The lowest BCUT2D eigenvalue weighted by Crippen LogP contribution is -2.25. The van der Waals surface area contributed by atoms with E-state index < -0.39 is 0 Å². The summed E-state index contributed by atoms with van der Waals surface area (Å²) in [4.78, 5) is 5.60. The van der Waals surface area contributed by atoms with E-state index in [1.165, 1.54) is 61.0 Å². The van der Waals surface area contributed by atoms with Crippen LogP contribution >= 0.6 is 22.7 Å². The van der Waals surface area contributed by atoms with Gasteiger partial charge in [0.15, 0.2) is 24.8 Å². The van der Waals surface area contributed by atoms with Gasteiger partial charge in [0.2, 0.25) is 0 Å². The van der Waals surface area contributed by atoms with Crippen LogP contribution in [0.2, 0.25) is 0 Å². The molecule has 0 unspecified atom stereocenters. The quantitative estimate of drug-likeness (QED) is 0.317. The Balaban J connectivity index is 1.55. The first kappa shape index (κ1) is 20.3. The third-order valence-corrected chi connectivity index (χ3v) is 8.43. The van der Waals surface area contributed by atoms with Crippen molar-refractivity contribution in [2.45, 2.75) is 33.1 Å². The largest absolute Gasteiger partial charge is 0.208 e. The topological polar surface area (TPSA) is 7.76 Å². The number of hydrogen-bond donors (Lipinski definition) is 0. The predicted molar refractivity (Wildman–Crippen MR) is 132 cm³/mol. The molecule has 0 aliphatic heterocycles. The lowest BCUT2D eigenvalue weighted by atomic mass is 9.97. The molecule has 0 amide bonds. The molecule has 0 spiro atoms. The Morgan fingerprint density at radius 3 is 1.42 bits per heavy atom. The molecule has 5 rings (SSSR count). The zero-order valence-corrected chi connectivity index (χ0v) is 20.2. The van der Waals surface area contributed by atoms with E-state index in [1.807, 2.05) is 22.7 Å². The minimum absolute atomic E-state index is 1.18. The van der Waals surface area contributed by atoms with Crippen LogP contribution in [-0.4, -0.2) is 0 Å². The molecule has 0 bridgehead atoms. The summed E-state index contributed by atoms with van der Waals surface area (Å²) in [5.74, 6) is 0. The molecule has 31 heavy (non-hydrogen) atoms. The van der Waals surface area contributed by atoms with Crippen LogP contribution in [0.1, 0.15) is 40.1 Å². The average molecular weight is 445 g/mol. The SMILES string of the molecule is Cc1sc(-c2cc[n+](C)cc2)cc1C1=C(c2cc(-c3cc[n+](C)cc3)sc2C)CCC1. The Morgan fingerprint density at radius 2 is 1.03 bits per heavy atom. The van der Waals surface area contributed by atoms with Gasteiger partial charge < -0.3 is 0 Å². The fourth-order valence-electron chi connectivity index (χ4n) is 4.52. The molecular formula is C27H28N2S2+2. The van der Waals surface area contributed by atoms with Crippen LogP contribution in [0.4, 0.5) is 0 Å². The van der Waals surface area contributed by atoms with E-state index in [2.05, 4.69) is 98.3 Å². The Bertz CT molecular complexity index is 1170. The summed E-state index contributed by atoms with van der Waals surface area (Å²) >= 11 is 3.84. The predicted octanol–water partition coefficient (Wildman–Crippen LogP) is 6.50. The van der Waals surface area contributed by atoms with Crippen LogP contribution < -0.4 is 9.13 Å². The number of aromatic nitrogens is 2. The third-order valence-electron chi connectivity index (χ3n) is 6.23. The van der Waals surface area contributed by atoms with Crippen LogP contribution in [0.3, 0.4) is 0 Å². The van der Waals surface area contributed by atoms with Gasteiger partial charge in [-0.15, -0.1) is 22.7 Å². The summed E-state index contributed by atoms with van der Waals surface area (Å²) in [6, 6.07) is 13.7. The summed E-state index contributed by atoms with van der Waals surface area (Å²) in [5, 5.41) is 0. The zero-order chi connectivity index (χ0) is 21.5. The summed E-state index contributed by atoms with van der Waals surface area (Å²) in [6.07, 6.45) is 12.1. The average Bonchev–Trinajstić information content (AvgIpc) is 3.47. The first-order valence-corrected chi connectivity index (χ1v) is 12.5. The van der Waals surface area contributed by atoms with E-state index >= 15 is 0 Å². The highest BCUT2D eigenvalue weighted by Crippen LogP contribution is 2.47. The van der Waals surface area contributed by atoms with Gasteiger partial charge >= 0.3 is 0 Å². The molecule has 0 saturated carbocycles. The van der Waals surface area contributed by atoms with Gasteiger partial charge in [0.1, 0.15) is 14.1 Å². The minimum atomic E-state index is 1.18. The second kappa shape index (κ2) is 8.18. The van der Waals surface area contributed by atoms with Gasteiger partial charge in [-0.3, -0.25) is 0 Å². The van der Waals surface area contributed by atoms with E-state index in [1.54, 1.807) is 11.1 Å². The second-order valence-corrected chi connectivity index (χ2v) is 11.0. The number of hydrogen-bond acceptors (Lipinski definition) is 2. The van der Waals surface area contributed by atoms with Gasteiger partial charge in [0.05, 0.1) is 0 Å². The maximum Gasteiger partial charge on any atom is 0.169 e. The van der Waals surface area contributed by atoms with Crippen molar-refractivity contribution in [3.8, 4) is 20.9 Å². The van der Waals surface area contributed by atoms with Crippen molar-refractivity contribution in [2.75, 3.05) is 0 Å². The molecule has 1 aliphatic carbocycles. The molecule has 0 aromatic carbocycles. The van der Waals surface area contributed by atoms with E-state index in [-0.39, 0.29) is 0 Å². The van der Waals surface area contributed by atoms with Crippen LogP contribution in [-0.2, 0) is 14.1 Å². The first-order chi connectivity index (χ1) is 15.0. The monoisotopic (exact) mass is 444 g/mol. The van der Waals surface area contributed by atoms with Crippen molar-refractivity contribution < 1.29 is 9.13 Å². The maximum absolute atomic E-state index is 2.43. The number of pyridine rings is 2. The highest BCUT2D eigenvalue weighted by molar-refractivity contribution is 7.16. The normalized spacial score (nSPS) is 13.9. The van der Waals surface area contributed by atoms with Crippen LogP contribution in [0.5, 0.6) is 0 Å². The number of allylic oxidation sites excluding steroid dienone is 2. The smallest absolute Gasteiger partial charge is 0.169 e.